The van der Waals surface area contributed by atoms with Crippen molar-refractivity contribution in [2.24, 2.45) is 0 Å². The molecule has 8 heteroatoms. The average molecular weight is 370 g/mol. The zero-order chi connectivity index (χ0) is 17.4. The largest absolute Gasteiger partial charge is 0.378 e. The molecule has 3 unspecified atom stereocenters. The number of halogens is 1. The van der Waals surface area contributed by atoms with Crippen LogP contribution >= 0.6 is 12.4 Å². The van der Waals surface area contributed by atoms with Crippen molar-refractivity contribution in [3.63, 3.8) is 0 Å². The summed E-state index contributed by atoms with van der Waals surface area (Å²) in [6, 6.07) is 6.05. The zero-order valence-electron chi connectivity index (χ0n) is 14.3. The summed E-state index contributed by atoms with van der Waals surface area (Å²) in [5.41, 5.74) is 0.751. The lowest BCUT2D eigenvalue weighted by molar-refractivity contribution is -0.156. The van der Waals surface area contributed by atoms with Gasteiger partial charge in [-0.2, -0.15) is 0 Å². The van der Waals surface area contributed by atoms with Gasteiger partial charge in [0.1, 0.15) is 12.5 Å². The normalized spacial score (nSPS) is 26.8. The molecule has 3 atom stereocenters. The highest BCUT2D eigenvalue weighted by molar-refractivity contribution is 6.21. The highest BCUT2D eigenvalue weighted by atomic mass is 35.5. The molecule has 1 saturated heterocycles. The number of aliphatic hydroxyl groups is 2. The van der Waals surface area contributed by atoms with Crippen LogP contribution in [0.15, 0.2) is 24.3 Å². The van der Waals surface area contributed by atoms with Crippen LogP contribution < -0.4 is 0 Å². The van der Waals surface area contributed by atoms with Crippen molar-refractivity contribution in [2.75, 3.05) is 27.2 Å². The maximum Gasteiger partial charge on any atom is 0.261 e. The van der Waals surface area contributed by atoms with Gasteiger partial charge < -0.3 is 15.1 Å². The van der Waals surface area contributed by atoms with E-state index < -0.39 is 18.5 Å². The van der Waals surface area contributed by atoms with E-state index in [0.717, 1.165) is 4.90 Å². The first-order valence-electron chi connectivity index (χ1n) is 8.15. The van der Waals surface area contributed by atoms with Gasteiger partial charge in [0.15, 0.2) is 0 Å². The van der Waals surface area contributed by atoms with Gasteiger partial charge in [0.25, 0.3) is 11.8 Å². The van der Waals surface area contributed by atoms with Crippen LogP contribution in [0, 0.1) is 0 Å². The molecule has 0 bridgehead atoms. The van der Waals surface area contributed by atoms with Crippen molar-refractivity contribution in [1.82, 2.24) is 14.7 Å². The molecule has 0 radical (unpaired) electrons. The monoisotopic (exact) mass is 369 g/mol. The number of amides is 2. The van der Waals surface area contributed by atoms with Crippen LogP contribution in [0.2, 0.25) is 0 Å². The summed E-state index contributed by atoms with van der Waals surface area (Å²) < 4.78 is 0. The van der Waals surface area contributed by atoms with Crippen LogP contribution in [-0.2, 0) is 0 Å². The number of imide groups is 1. The quantitative estimate of drug-likeness (QED) is 0.746. The minimum Gasteiger partial charge on any atom is -0.378 e. The number of carbonyl (C=O) groups excluding carboxylic acids is 2. The Morgan fingerprint density at radius 3 is 2.16 bits per heavy atom. The molecular formula is C17H24ClN3O4. The second-order valence-corrected chi connectivity index (χ2v) is 6.61. The number of benzene rings is 1. The summed E-state index contributed by atoms with van der Waals surface area (Å²) in [5.74, 6) is -0.743. The molecule has 2 N–H and O–H groups in total. The molecule has 2 heterocycles. The van der Waals surface area contributed by atoms with Gasteiger partial charge in [-0.05, 0) is 39.1 Å². The molecule has 0 saturated carbocycles. The van der Waals surface area contributed by atoms with Crippen LogP contribution in [0.4, 0.5) is 0 Å². The summed E-state index contributed by atoms with van der Waals surface area (Å²) in [5, 5.41) is 20.9. The maximum atomic E-state index is 12.6. The number of aliphatic hydroxyl groups excluding tert-OH is 2. The Morgan fingerprint density at radius 2 is 1.64 bits per heavy atom. The smallest absolute Gasteiger partial charge is 0.261 e. The fourth-order valence-corrected chi connectivity index (χ4v) is 3.40. The first-order valence-corrected chi connectivity index (χ1v) is 8.15. The minimum absolute atomic E-state index is 0. The Bertz CT molecular complexity index is 620. The average Bonchev–Trinajstić information content (AvgIpc) is 2.80. The number of carbonyl (C=O) groups is 2. The van der Waals surface area contributed by atoms with Crippen molar-refractivity contribution in [1.29, 1.82) is 0 Å². The summed E-state index contributed by atoms with van der Waals surface area (Å²) in [6.07, 6.45) is -1.06. The molecule has 2 amide bonds. The summed E-state index contributed by atoms with van der Waals surface area (Å²) in [6.45, 7) is 1.11. The highest BCUT2D eigenvalue weighted by Gasteiger charge is 2.46. The van der Waals surface area contributed by atoms with Gasteiger partial charge in [0.2, 0.25) is 0 Å². The van der Waals surface area contributed by atoms with Crippen LogP contribution in [0.3, 0.4) is 0 Å². The van der Waals surface area contributed by atoms with Gasteiger partial charge in [0, 0.05) is 13.1 Å². The van der Waals surface area contributed by atoms with Gasteiger partial charge in [-0.1, -0.05) is 12.1 Å². The SMILES string of the molecule is CN(C)CCN1C(O)CCC(N2C(=O)c3ccccc3C2=O)C1O.Cl. The van der Waals surface area contributed by atoms with E-state index >= 15 is 0 Å². The van der Waals surface area contributed by atoms with Crippen molar-refractivity contribution in [2.45, 2.75) is 31.3 Å². The molecule has 2 aliphatic heterocycles. The highest BCUT2D eigenvalue weighted by Crippen LogP contribution is 2.31. The molecule has 25 heavy (non-hydrogen) atoms. The molecule has 0 aliphatic carbocycles. The zero-order valence-corrected chi connectivity index (χ0v) is 15.1. The van der Waals surface area contributed by atoms with E-state index in [1.54, 1.807) is 29.2 Å². The lowest BCUT2D eigenvalue weighted by atomic mass is 10.00. The predicted molar refractivity (Wildman–Crippen MR) is 94.5 cm³/mol. The fourth-order valence-electron chi connectivity index (χ4n) is 3.40. The first kappa shape index (κ1) is 19.8. The fraction of sp³-hybridized carbons (Fsp3) is 0.529. The van der Waals surface area contributed by atoms with Crippen molar-refractivity contribution in [3.8, 4) is 0 Å². The number of likely N-dealkylation sites (tertiary alicyclic amines) is 1. The van der Waals surface area contributed by atoms with Gasteiger partial charge in [-0.3, -0.25) is 14.5 Å². The van der Waals surface area contributed by atoms with E-state index in [2.05, 4.69) is 0 Å². The number of rotatable bonds is 4. The third-order valence-electron chi connectivity index (χ3n) is 4.75. The number of fused-ring (bicyclic) bond motifs is 1. The molecule has 0 spiro atoms. The summed E-state index contributed by atoms with van der Waals surface area (Å²) >= 11 is 0. The Labute approximate surface area is 153 Å². The maximum absolute atomic E-state index is 12.6. The molecule has 0 aromatic heterocycles. The van der Waals surface area contributed by atoms with E-state index in [1.807, 2.05) is 19.0 Å². The molecule has 7 nitrogen and oxygen atoms in total. The van der Waals surface area contributed by atoms with E-state index in [1.165, 1.54) is 0 Å². The Hall–Kier alpha value is -1.51. The van der Waals surface area contributed by atoms with Crippen molar-refractivity contribution < 1.29 is 19.8 Å². The van der Waals surface area contributed by atoms with Crippen LogP contribution in [0.5, 0.6) is 0 Å². The van der Waals surface area contributed by atoms with Crippen LogP contribution in [0.1, 0.15) is 33.6 Å². The molecule has 2 aliphatic rings. The number of nitrogens with zero attached hydrogens (tertiary/aromatic N) is 3. The summed E-state index contributed by atoms with van der Waals surface area (Å²) in [4.78, 5) is 29.9. The number of likely N-dealkylation sites (N-methyl/N-ethyl adjacent to an activating group) is 1. The third-order valence-corrected chi connectivity index (χ3v) is 4.75. The van der Waals surface area contributed by atoms with Crippen molar-refractivity contribution in [3.05, 3.63) is 35.4 Å². The predicted octanol–water partition coefficient (Wildman–Crippen LogP) is 0.367. The molecule has 1 aromatic rings. The Kier molecular flexibility index (Phi) is 6.18. The molecule has 1 aromatic carbocycles. The number of hydrogen-bond acceptors (Lipinski definition) is 6. The molecule has 1 fully saturated rings. The van der Waals surface area contributed by atoms with Gasteiger partial charge in [-0.15, -0.1) is 12.4 Å². The van der Waals surface area contributed by atoms with E-state index in [9.17, 15) is 19.8 Å². The summed E-state index contributed by atoms with van der Waals surface area (Å²) in [7, 11) is 3.81. The second kappa shape index (κ2) is 7.80. The first-order chi connectivity index (χ1) is 11.4. The lowest BCUT2D eigenvalue weighted by Crippen LogP contribution is -2.60. The number of piperidine rings is 1. The molecule has 3 rings (SSSR count). The third kappa shape index (κ3) is 3.56. The van der Waals surface area contributed by atoms with Crippen LogP contribution in [0.25, 0.3) is 0 Å². The van der Waals surface area contributed by atoms with E-state index in [0.29, 0.717) is 37.1 Å². The Balaban J connectivity index is 0.00000225. The van der Waals surface area contributed by atoms with Crippen LogP contribution in [-0.4, -0.2) is 82.4 Å². The Morgan fingerprint density at radius 1 is 1.08 bits per heavy atom. The van der Waals surface area contributed by atoms with E-state index in [4.69, 9.17) is 0 Å². The number of hydrogen-bond donors (Lipinski definition) is 2. The van der Waals surface area contributed by atoms with Gasteiger partial charge in [0.05, 0.1) is 17.2 Å². The molecular weight excluding hydrogens is 346 g/mol. The topological polar surface area (TPSA) is 84.3 Å². The van der Waals surface area contributed by atoms with Gasteiger partial charge in [-0.25, -0.2) is 4.90 Å². The lowest BCUT2D eigenvalue weighted by Gasteiger charge is -2.44. The van der Waals surface area contributed by atoms with E-state index in [-0.39, 0.29) is 24.2 Å². The van der Waals surface area contributed by atoms with Crippen molar-refractivity contribution >= 4 is 24.2 Å². The standard InChI is InChI=1S/C17H23N3O4.ClH/c1-18(2)9-10-19-14(21)8-7-13(17(19)24)20-15(22)11-5-3-4-6-12(11)16(20)23;/h3-6,13-14,17,21,24H,7-10H2,1-2H3;1H. The molecule has 138 valence electrons. The minimum atomic E-state index is -1.07. The second-order valence-electron chi connectivity index (χ2n) is 6.61. The van der Waals surface area contributed by atoms with Gasteiger partial charge >= 0.3 is 0 Å².